The Kier molecular flexibility index (Phi) is 5.95. The van der Waals surface area contributed by atoms with Gasteiger partial charge in [0.15, 0.2) is 0 Å². The molecule has 1 amide bonds. The van der Waals surface area contributed by atoms with Gasteiger partial charge in [0.1, 0.15) is 5.75 Å². The molecule has 0 bridgehead atoms. The zero-order chi connectivity index (χ0) is 13.5. The lowest BCUT2D eigenvalue weighted by Crippen LogP contribution is -2.36. The Bertz CT molecular complexity index is 410. The molecule has 0 aliphatic heterocycles. The second kappa shape index (κ2) is 7.24. The van der Waals surface area contributed by atoms with Crippen LogP contribution in [0.4, 0.5) is 0 Å². The van der Waals surface area contributed by atoms with Gasteiger partial charge in [-0.1, -0.05) is 24.9 Å². The van der Waals surface area contributed by atoms with Gasteiger partial charge in [-0.25, -0.2) is 0 Å². The standard InChI is InChI=1S/C13H19ClN2O2/c1-2-3-7-16(8-6-15)13(18)11-9-10(17)4-5-12(11)14/h4-5,9,17H,2-3,6-8,15H2,1H3. The largest absolute Gasteiger partial charge is 0.508 e. The van der Waals surface area contributed by atoms with E-state index in [0.717, 1.165) is 12.8 Å². The number of amides is 1. The average molecular weight is 271 g/mol. The van der Waals surface area contributed by atoms with Gasteiger partial charge in [-0.05, 0) is 24.6 Å². The van der Waals surface area contributed by atoms with Crippen molar-refractivity contribution in [1.29, 1.82) is 0 Å². The lowest BCUT2D eigenvalue weighted by atomic mass is 10.1. The topological polar surface area (TPSA) is 66.6 Å². The summed E-state index contributed by atoms with van der Waals surface area (Å²) in [6.07, 6.45) is 1.92. The summed E-state index contributed by atoms with van der Waals surface area (Å²) in [6, 6.07) is 4.36. The highest BCUT2D eigenvalue weighted by molar-refractivity contribution is 6.33. The zero-order valence-electron chi connectivity index (χ0n) is 10.5. The van der Waals surface area contributed by atoms with Crippen molar-refractivity contribution in [1.82, 2.24) is 4.90 Å². The molecule has 0 spiro atoms. The number of carbonyl (C=O) groups excluding carboxylic acids is 1. The maximum Gasteiger partial charge on any atom is 0.255 e. The number of phenolic OH excluding ortho intramolecular Hbond substituents is 1. The van der Waals surface area contributed by atoms with Crippen LogP contribution in [0.15, 0.2) is 18.2 Å². The number of unbranched alkanes of at least 4 members (excludes halogenated alkanes) is 1. The number of nitrogens with two attached hydrogens (primary N) is 1. The van der Waals surface area contributed by atoms with Gasteiger partial charge in [0.05, 0.1) is 10.6 Å². The Hall–Kier alpha value is -1.26. The van der Waals surface area contributed by atoms with E-state index in [1.165, 1.54) is 18.2 Å². The first kappa shape index (κ1) is 14.8. The molecule has 3 N–H and O–H groups in total. The summed E-state index contributed by atoms with van der Waals surface area (Å²) in [5.41, 5.74) is 5.83. The molecule has 4 nitrogen and oxygen atoms in total. The number of halogens is 1. The molecule has 0 saturated carbocycles. The van der Waals surface area contributed by atoms with E-state index in [4.69, 9.17) is 17.3 Å². The third-order valence-electron chi connectivity index (χ3n) is 2.65. The molecule has 0 fully saturated rings. The fraction of sp³-hybridized carbons (Fsp3) is 0.462. The highest BCUT2D eigenvalue weighted by atomic mass is 35.5. The summed E-state index contributed by atoms with van der Waals surface area (Å²) < 4.78 is 0. The lowest BCUT2D eigenvalue weighted by molar-refractivity contribution is 0.0758. The van der Waals surface area contributed by atoms with Crippen LogP contribution in [0.5, 0.6) is 5.75 Å². The third-order valence-corrected chi connectivity index (χ3v) is 2.98. The fourth-order valence-corrected chi connectivity index (χ4v) is 1.87. The van der Waals surface area contributed by atoms with E-state index >= 15 is 0 Å². The van der Waals surface area contributed by atoms with E-state index in [0.29, 0.717) is 30.2 Å². The van der Waals surface area contributed by atoms with Gasteiger partial charge in [-0.15, -0.1) is 0 Å². The van der Waals surface area contributed by atoms with Crippen LogP contribution in [0.2, 0.25) is 5.02 Å². The Morgan fingerprint density at radius 3 is 2.78 bits per heavy atom. The highest BCUT2D eigenvalue weighted by Crippen LogP contribution is 2.22. The number of hydrogen-bond donors (Lipinski definition) is 2. The van der Waals surface area contributed by atoms with E-state index < -0.39 is 0 Å². The first-order valence-electron chi connectivity index (χ1n) is 6.08. The van der Waals surface area contributed by atoms with Crippen molar-refractivity contribution < 1.29 is 9.90 Å². The van der Waals surface area contributed by atoms with Crippen LogP contribution >= 0.6 is 11.6 Å². The number of rotatable bonds is 6. The maximum absolute atomic E-state index is 12.3. The molecule has 0 unspecified atom stereocenters. The molecule has 0 radical (unpaired) electrons. The summed E-state index contributed by atoms with van der Waals surface area (Å²) in [6.45, 7) is 3.61. The van der Waals surface area contributed by atoms with Crippen LogP contribution in [0.3, 0.4) is 0 Å². The minimum absolute atomic E-state index is 0.0333. The number of hydrogen-bond acceptors (Lipinski definition) is 3. The number of nitrogens with zero attached hydrogens (tertiary/aromatic N) is 1. The summed E-state index contributed by atoms with van der Waals surface area (Å²) in [5.74, 6) is -0.152. The molecule has 1 aromatic rings. The Balaban J connectivity index is 2.90. The predicted octanol–water partition coefficient (Wildman–Crippen LogP) is 2.25. The van der Waals surface area contributed by atoms with Crippen molar-refractivity contribution in [3.05, 3.63) is 28.8 Å². The molecular weight excluding hydrogens is 252 g/mol. The van der Waals surface area contributed by atoms with Gasteiger partial charge in [0, 0.05) is 19.6 Å². The van der Waals surface area contributed by atoms with E-state index in [1.807, 2.05) is 0 Å². The van der Waals surface area contributed by atoms with Crippen LogP contribution in [0.25, 0.3) is 0 Å². The third kappa shape index (κ3) is 3.89. The van der Waals surface area contributed by atoms with Crippen LogP contribution in [0.1, 0.15) is 30.1 Å². The number of phenols is 1. The van der Waals surface area contributed by atoms with Gasteiger partial charge in [0.2, 0.25) is 0 Å². The van der Waals surface area contributed by atoms with Crippen molar-refractivity contribution >= 4 is 17.5 Å². The van der Waals surface area contributed by atoms with Gasteiger partial charge in [0.25, 0.3) is 5.91 Å². The fourth-order valence-electron chi connectivity index (χ4n) is 1.67. The minimum atomic E-state index is -0.185. The quantitative estimate of drug-likeness (QED) is 0.833. The molecule has 18 heavy (non-hydrogen) atoms. The number of carbonyl (C=O) groups is 1. The zero-order valence-corrected chi connectivity index (χ0v) is 11.3. The van der Waals surface area contributed by atoms with Crippen LogP contribution in [-0.4, -0.2) is 35.5 Å². The summed E-state index contributed by atoms with van der Waals surface area (Å²) in [5, 5.41) is 9.76. The molecule has 0 aliphatic rings. The second-order valence-electron chi connectivity index (χ2n) is 4.10. The minimum Gasteiger partial charge on any atom is -0.508 e. The van der Waals surface area contributed by atoms with Gasteiger partial charge in [-0.2, -0.15) is 0 Å². The molecular formula is C13H19ClN2O2. The van der Waals surface area contributed by atoms with Crippen LogP contribution in [-0.2, 0) is 0 Å². The molecule has 1 aromatic carbocycles. The van der Waals surface area contributed by atoms with E-state index in [-0.39, 0.29) is 11.7 Å². The Morgan fingerprint density at radius 1 is 1.44 bits per heavy atom. The monoisotopic (exact) mass is 270 g/mol. The van der Waals surface area contributed by atoms with Crippen LogP contribution in [0, 0.1) is 0 Å². The summed E-state index contributed by atoms with van der Waals surface area (Å²) in [7, 11) is 0. The Labute approximate surface area is 112 Å². The molecule has 1 rings (SSSR count). The molecule has 0 heterocycles. The first-order valence-corrected chi connectivity index (χ1v) is 6.45. The first-order chi connectivity index (χ1) is 8.60. The number of aromatic hydroxyl groups is 1. The molecule has 100 valence electrons. The maximum atomic E-state index is 12.3. The van der Waals surface area contributed by atoms with Gasteiger partial charge >= 0.3 is 0 Å². The van der Waals surface area contributed by atoms with Crippen molar-refractivity contribution in [2.45, 2.75) is 19.8 Å². The Morgan fingerprint density at radius 2 is 2.17 bits per heavy atom. The van der Waals surface area contributed by atoms with Crippen LogP contribution < -0.4 is 5.73 Å². The summed E-state index contributed by atoms with van der Waals surface area (Å²) in [4.78, 5) is 14.0. The molecule has 0 aromatic heterocycles. The van der Waals surface area contributed by atoms with E-state index in [2.05, 4.69) is 6.92 Å². The molecule has 0 aliphatic carbocycles. The SMILES string of the molecule is CCCCN(CCN)C(=O)c1cc(O)ccc1Cl. The van der Waals surface area contributed by atoms with Gasteiger partial charge in [-0.3, -0.25) is 4.79 Å². The normalized spacial score (nSPS) is 10.4. The van der Waals surface area contributed by atoms with Crippen molar-refractivity contribution in [2.75, 3.05) is 19.6 Å². The van der Waals surface area contributed by atoms with Crippen molar-refractivity contribution in [2.24, 2.45) is 5.73 Å². The molecule has 5 heteroatoms. The lowest BCUT2D eigenvalue weighted by Gasteiger charge is -2.22. The molecule has 0 saturated heterocycles. The second-order valence-corrected chi connectivity index (χ2v) is 4.51. The van der Waals surface area contributed by atoms with E-state index in [1.54, 1.807) is 4.90 Å². The van der Waals surface area contributed by atoms with Crippen molar-refractivity contribution in [3.8, 4) is 5.75 Å². The number of benzene rings is 1. The summed E-state index contributed by atoms with van der Waals surface area (Å²) >= 11 is 5.98. The van der Waals surface area contributed by atoms with Gasteiger partial charge < -0.3 is 15.7 Å². The highest BCUT2D eigenvalue weighted by Gasteiger charge is 2.17. The van der Waals surface area contributed by atoms with Crippen molar-refractivity contribution in [3.63, 3.8) is 0 Å². The smallest absolute Gasteiger partial charge is 0.255 e. The predicted molar refractivity (Wildman–Crippen MR) is 73.0 cm³/mol. The molecule has 0 atom stereocenters. The average Bonchev–Trinajstić information content (AvgIpc) is 2.36. The van der Waals surface area contributed by atoms with E-state index in [9.17, 15) is 9.90 Å².